The van der Waals surface area contributed by atoms with Crippen molar-refractivity contribution in [2.75, 3.05) is 11.9 Å². The molecular formula is C23H25FN4O3S2. The highest BCUT2D eigenvalue weighted by Crippen LogP contribution is 2.37. The molecule has 4 rings (SSSR count). The summed E-state index contributed by atoms with van der Waals surface area (Å²) in [4.78, 5) is 12.8. The number of sulfonamides is 1. The van der Waals surface area contributed by atoms with E-state index in [9.17, 15) is 17.6 Å². The molecule has 2 heterocycles. The van der Waals surface area contributed by atoms with Gasteiger partial charge in [-0.3, -0.25) is 4.79 Å². The van der Waals surface area contributed by atoms with Crippen LogP contribution in [0.3, 0.4) is 0 Å². The molecule has 0 unspecified atom stereocenters. The van der Waals surface area contributed by atoms with Crippen molar-refractivity contribution >= 4 is 33.0 Å². The van der Waals surface area contributed by atoms with E-state index in [0.29, 0.717) is 36.0 Å². The zero-order valence-electron chi connectivity index (χ0n) is 18.4. The molecule has 1 fully saturated rings. The van der Waals surface area contributed by atoms with E-state index in [0.717, 1.165) is 23.3 Å². The first-order valence-corrected chi connectivity index (χ1v) is 13.0. The van der Waals surface area contributed by atoms with Crippen molar-refractivity contribution in [3.8, 4) is 0 Å². The summed E-state index contributed by atoms with van der Waals surface area (Å²) in [6, 6.07) is 12.0. The van der Waals surface area contributed by atoms with Crippen molar-refractivity contribution in [2.45, 2.75) is 44.0 Å². The van der Waals surface area contributed by atoms with Gasteiger partial charge in [0.15, 0.2) is 0 Å². The molecule has 3 aromatic rings. The number of nitrogens with zero attached hydrogens (tertiary/aromatic N) is 3. The number of hydrogen-bond donors (Lipinski definition) is 1. The number of amides is 1. The largest absolute Gasteiger partial charge is 0.320 e. The van der Waals surface area contributed by atoms with Gasteiger partial charge in [0.05, 0.1) is 10.9 Å². The molecule has 0 aliphatic carbocycles. The Balaban J connectivity index is 1.50. The predicted octanol–water partition coefficient (Wildman–Crippen LogP) is 4.65. The van der Waals surface area contributed by atoms with Crippen LogP contribution in [-0.4, -0.2) is 35.4 Å². The van der Waals surface area contributed by atoms with Crippen molar-refractivity contribution in [1.29, 1.82) is 0 Å². The number of carbonyl (C=O) groups is 1. The Labute approximate surface area is 196 Å². The van der Waals surface area contributed by atoms with Gasteiger partial charge >= 0.3 is 0 Å². The molecule has 1 N–H and O–H groups in total. The standard InChI is InChI=1S/C23H25FN4O3S2/c1-15(2)14-16-5-11-19(12-6-16)33(30,31)28-13-3-4-20(28)22-26-27-23(32-22)21(29)25-18-9-7-17(24)8-10-18/h5-12,15,20H,3-4,13-14H2,1-2H3,(H,25,29)/t20-/m0/s1. The molecule has 1 atom stereocenters. The molecule has 0 spiro atoms. The van der Waals surface area contributed by atoms with Crippen LogP contribution in [-0.2, 0) is 16.4 Å². The summed E-state index contributed by atoms with van der Waals surface area (Å²) in [5.41, 5.74) is 1.53. The summed E-state index contributed by atoms with van der Waals surface area (Å²) in [6.45, 7) is 4.63. The number of nitrogens with one attached hydrogen (secondary N) is 1. The first-order chi connectivity index (χ1) is 15.7. The SMILES string of the molecule is CC(C)Cc1ccc(S(=O)(=O)N2CCC[C@H]2c2nnc(C(=O)Nc3ccc(F)cc3)s2)cc1. The fourth-order valence-electron chi connectivity index (χ4n) is 3.86. The topological polar surface area (TPSA) is 92.3 Å². The minimum atomic E-state index is -3.71. The van der Waals surface area contributed by atoms with Gasteiger partial charge in [-0.05, 0) is 67.1 Å². The summed E-state index contributed by atoms with van der Waals surface area (Å²) >= 11 is 1.07. The molecule has 1 aliphatic rings. The summed E-state index contributed by atoms with van der Waals surface area (Å²) < 4.78 is 41.2. The molecule has 2 aromatic carbocycles. The van der Waals surface area contributed by atoms with E-state index in [1.54, 1.807) is 12.1 Å². The highest BCUT2D eigenvalue weighted by molar-refractivity contribution is 7.89. The Morgan fingerprint density at radius 3 is 2.52 bits per heavy atom. The second kappa shape index (κ2) is 9.66. The van der Waals surface area contributed by atoms with Gasteiger partial charge in [-0.2, -0.15) is 4.31 Å². The van der Waals surface area contributed by atoms with Crippen molar-refractivity contribution in [1.82, 2.24) is 14.5 Å². The zero-order valence-corrected chi connectivity index (χ0v) is 20.0. The van der Waals surface area contributed by atoms with E-state index in [4.69, 9.17) is 0 Å². The van der Waals surface area contributed by atoms with Crippen molar-refractivity contribution in [2.24, 2.45) is 5.92 Å². The maximum atomic E-state index is 13.3. The normalized spacial score (nSPS) is 16.9. The molecule has 1 aromatic heterocycles. The van der Waals surface area contributed by atoms with Gasteiger partial charge in [-0.25, -0.2) is 12.8 Å². The van der Waals surface area contributed by atoms with Crippen molar-refractivity contribution in [3.63, 3.8) is 0 Å². The van der Waals surface area contributed by atoms with Gasteiger partial charge in [-0.1, -0.05) is 37.3 Å². The maximum absolute atomic E-state index is 13.3. The molecule has 1 aliphatic heterocycles. The smallest absolute Gasteiger partial charge is 0.286 e. The Bertz CT molecular complexity index is 1230. The Kier molecular flexibility index (Phi) is 6.87. The average molecular weight is 489 g/mol. The zero-order chi connectivity index (χ0) is 23.6. The number of halogens is 1. The Hall–Kier alpha value is -2.69. The third kappa shape index (κ3) is 5.29. The van der Waals surface area contributed by atoms with E-state index < -0.39 is 27.8 Å². The Morgan fingerprint density at radius 1 is 1.15 bits per heavy atom. The van der Waals surface area contributed by atoms with Crippen LogP contribution in [0.1, 0.15) is 53.1 Å². The molecule has 1 amide bonds. The maximum Gasteiger partial charge on any atom is 0.286 e. The minimum absolute atomic E-state index is 0.122. The predicted molar refractivity (Wildman–Crippen MR) is 125 cm³/mol. The molecule has 33 heavy (non-hydrogen) atoms. The number of aromatic nitrogens is 2. The van der Waals surface area contributed by atoms with Crippen LogP contribution in [0.4, 0.5) is 10.1 Å². The third-order valence-corrected chi connectivity index (χ3v) is 8.35. The third-order valence-electron chi connectivity index (χ3n) is 5.40. The van der Waals surface area contributed by atoms with Crippen LogP contribution < -0.4 is 5.32 Å². The van der Waals surface area contributed by atoms with Crippen LogP contribution in [0.25, 0.3) is 0 Å². The second-order valence-electron chi connectivity index (χ2n) is 8.42. The molecule has 7 nitrogen and oxygen atoms in total. The fourth-order valence-corrected chi connectivity index (χ4v) is 6.47. The summed E-state index contributed by atoms with van der Waals surface area (Å²) in [7, 11) is -3.71. The van der Waals surface area contributed by atoms with Gasteiger partial charge < -0.3 is 5.32 Å². The lowest BCUT2D eigenvalue weighted by molar-refractivity contribution is 0.102. The lowest BCUT2D eigenvalue weighted by Crippen LogP contribution is -2.30. The molecular weight excluding hydrogens is 463 g/mol. The van der Waals surface area contributed by atoms with Gasteiger partial charge in [0.2, 0.25) is 15.0 Å². The molecule has 0 saturated carbocycles. The van der Waals surface area contributed by atoms with E-state index >= 15 is 0 Å². The fraction of sp³-hybridized carbons (Fsp3) is 0.348. The molecule has 0 radical (unpaired) electrons. The number of hydrogen-bond acceptors (Lipinski definition) is 6. The van der Waals surface area contributed by atoms with Gasteiger partial charge in [0.1, 0.15) is 10.8 Å². The van der Waals surface area contributed by atoms with Gasteiger partial charge in [0, 0.05) is 12.2 Å². The average Bonchev–Trinajstić information content (AvgIpc) is 3.45. The van der Waals surface area contributed by atoms with Crippen molar-refractivity contribution < 1.29 is 17.6 Å². The van der Waals surface area contributed by atoms with Crippen LogP contribution in [0, 0.1) is 11.7 Å². The van der Waals surface area contributed by atoms with Crippen LogP contribution >= 0.6 is 11.3 Å². The van der Waals surface area contributed by atoms with Crippen molar-refractivity contribution in [3.05, 3.63) is 69.9 Å². The molecule has 10 heteroatoms. The summed E-state index contributed by atoms with van der Waals surface area (Å²) in [5.74, 6) is -0.385. The van der Waals surface area contributed by atoms with E-state index in [1.165, 1.54) is 28.6 Å². The van der Waals surface area contributed by atoms with Crippen LogP contribution in [0.5, 0.6) is 0 Å². The first kappa shape index (κ1) is 23.5. The molecule has 174 valence electrons. The second-order valence-corrected chi connectivity index (χ2v) is 11.3. The summed E-state index contributed by atoms with van der Waals surface area (Å²) in [6.07, 6.45) is 2.20. The first-order valence-electron chi connectivity index (χ1n) is 10.7. The number of rotatable bonds is 7. The lowest BCUT2D eigenvalue weighted by atomic mass is 10.0. The van der Waals surface area contributed by atoms with Gasteiger partial charge in [0.25, 0.3) is 5.91 Å². The van der Waals surface area contributed by atoms with Crippen LogP contribution in [0.2, 0.25) is 0 Å². The van der Waals surface area contributed by atoms with E-state index in [1.807, 2.05) is 12.1 Å². The number of anilines is 1. The van der Waals surface area contributed by atoms with Crippen LogP contribution in [0.15, 0.2) is 53.4 Å². The summed E-state index contributed by atoms with van der Waals surface area (Å²) in [5, 5.41) is 11.3. The molecule has 1 saturated heterocycles. The molecule has 0 bridgehead atoms. The van der Waals surface area contributed by atoms with Gasteiger partial charge in [-0.15, -0.1) is 10.2 Å². The highest BCUT2D eigenvalue weighted by atomic mass is 32.2. The van der Waals surface area contributed by atoms with E-state index in [-0.39, 0.29) is 9.90 Å². The quantitative estimate of drug-likeness (QED) is 0.522. The number of benzene rings is 2. The Morgan fingerprint density at radius 2 is 1.85 bits per heavy atom. The lowest BCUT2D eigenvalue weighted by Gasteiger charge is -2.22. The highest BCUT2D eigenvalue weighted by Gasteiger charge is 2.38. The number of carbonyl (C=O) groups excluding carboxylic acids is 1. The minimum Gasteiger partial charge on any atom is -0.320 e. The monoisotopic (exact) mass is 488 g/mol. The van der Waals surface area contributed by atoms with E-state index in [2.05, 4.69) is 29.4 Å².